The summed E-state index contributed by atoms with van der Waals surface area (Å²) in [6.45, 7) is 1.26. The molecule has 0 fully saturated rings. The zero-order valence-corrected chi connectivity index (χ0v) is 16.1. The van der Waals surface area contributed by atoms with Gasteiger partial charge in [-0.1, -0.05) is 91.0 Å². The summed E-state index contributed by atoms with van der Waals surface area (Å²) in [5, 5.41) is 13.1. The number of benzene rings is 3. The van der Waals surface area contributed by atoms with E-state index in [9.17, 15) is 14.7 Å². The third-order valence-corrected chi connectivity index (χ3v) is 4.55. The number of carbonyl (C=O) groups excluding carboxylic acids is 2. The topological polar surface area (TPSA) is 75.6 Å². The molecule has 29 heavy (non-hydrogen) atoms. The van der Waals surface area contributed by atoms with Crippen molar-refractivity contribution in [3.05, 3.63) is 108 Å². The maximum Gasteiger partial charge on any atom is 0.304 e. The van der Waals surface area contributed by atoms with Crippen molar-refractivity contribution in [2.45, 2.75) is 25.2 Å². The van der Waals surface area contributed by atoms with E-state index < -0.39 is 23.7 Å². The van der Waals surface area contributed by atoms with Crippen molar-refractivity contribution in [1.82, 2.24) is 5.32 Å². The molecule has 3 rings (SSSR count). The normalized spacial score (nSPS) is 12.1. The van der Waals surface area contributed by atoms with Crippen molar-refractivity contribution in [2.75, 3.05) is 0 Å². The molecule has 1 unspecified atom stereocenters. The summed E-state index contributed by atoms with van der Waals surface area (Å²) in [7, 11) is 0. The first-order valence-electron chi connectivity index (χ1n) is 9.36. The highest BCUT2D eigenvalue weighted by atomic mass is 16.6. The number of aliphatic hydroxyl groups is 1. The molecule has 0 spiro atoms. The van der Waals surface area contributed by atoms with Crippen molar-refractivity contribution in [3.63, 3.8) is 0 Å². The molecule has 2 N–H and O–H groups in total. The number of hydrogen-bond donors (Lipinski definition) is 2. The molecule has 148 valence electrons. The Morgan fingerprint density at radius 2 is 1.31 bits per heavy atom. The molecule has 0 heterocycles. The van der Waals surface area contributed by atoms with Gasteiger partial charge in [-0.3, -0.25) is 9.59 Å². The van der Waals surface area contributed by atoms with Gasteiger partial charge < -0.3 is 15.2 Å². The highest BCUT2D eigenvalue weighted by Crippen LogP contribution is 2.34. The molecule has 3 aromatic rings. The lowest BCUT2D eigenvalue weighted by Crippen LogP contribution is -2.51. The lowest BCUT2D eigenvalue weighted by atomic mass is 9.85. The minimum Gasteiger partial charge on any atom is -0.439 e. The second-order valence-corrected chi connectivity index (χ2v) is 6.69. The number of esters is 1. The maximum absolute atomic E-state index is 13.5. The van der Waals surface area contributed by atoms with Gasteiger partial charge >= 0.3 is 5.97 Å². The second-order valence-electron chi connectivity index (χ2n) is 6.69. The first-order valence-corrected chi connectivity index (χ1v) is 9.36. The third kappa shape index (κ3) is 4.70. The average molecular weight is 389 g/mol. The van der Waals surface area contributed by atoms with Crippen molar-refractivity contribution in [2.24, 2.45) is 0 Å². The van der Waals surface area contributed by atoms with Crippen LogP contribution in [0.5, 0.6) is 0 Å². The number of carbonyl (C=O) groups is 2. The van der Waals surface area contributed by atoms with Crippen LogP contribution in [0.1, 0.15) is 23.6 Å². The predicted octanol–water partition coefficient (Wildman–Crippen LogP) is 3.17. The molecule has 1 amide bonds. The summed E-state index contributed by atoms with van der Waals surface area (Å²) in [5.74, 6) is -1.22. The number of aliphatic hydroxyl groups excluding tert-OH is 1. The highest BCUT2D eigenvalue weighted by Gasteiger charge is 2.46. The molecule has 1 atom stereocenters. The van der Waals surface area contributed by atoms with E-state index in [2.05, 4.69) is 5.32 Å². The Labute approximate surface area is 170 Å². The largest absolute Gasteiger partial charge is 0.439 e. The summed E-state index contributed by atoms with van der Waals surface area (Å²) in [6, 6.07) is 26.9. The molecule has 5 nitrogen and oxygen atoms in total. The van der Waals surface area contributed by atoms with Gasteiger partial charge in [0.15, 0.2) is 0 Å². The Morgan fingerprint density at radius 3 is 1.76 bits per heavy atom. The van der Waals surface area contributed by atoms with Gasteiger partial charge in [-0.2, -0.15) is 0 Å². The molecule has 0 aliphatic rings. The van der Waals surface area contributed by atoms with Crippen LogP contribution in [0.15, 0.2) is 91.0 Å². The SMILES string of the molecule is CC(=O)OC(C(=O)NC(O)Cc1ccccc1)(c1ccccc1)c1ccccc1. The van der Waals surface area contributed by atoms with Gasteiger partial charge in [0.05, 0.1) is 0 Å². The molecule has 0 saturated carbocycles. The van der Waals surface area contributed by atoms with Crippen LogP contribution in [0.4, 0.5) is 0 Å². The lowest BCUT2D eigenvalue weighted by molar-refractivity contribution is -0.165. The van der Waals surface area contributed by atoms with Crippen LogP contribution in [-0.4, -0.2) is 23.2 Å². The van der Waals surface area contributed by atoms with E-state index in [0.717, 1.165) is 5.56 Å². The van der Waals surface area contributed by atoms with Gasteiger partial charge in [-0.05, 0) is 5.56 Å². The van der Waals surface area contributed by atoms with Crippen LogP contribution in [0.3, 0.4) is 0 Å². The Hall–Kier alpha value is -3.44. The van der Waals surface area contributed by atoms with E-state index in [1.54, 1.807) is 48.5 Å². The monoisotopic (exact) mass is 389 g/mol. The third-order valence-electron chi connectivity index (χ3n) is 4.55. The molecule has 0 bridgehead atoms. The summed E-state index contributed by atoms with van der Waals surface area (Å²) in [4.78, 5) is 25.5. The standard InChI is InChI=1S/C24H23NO4/c1-18(26)29-24(20-13-7-3-8-14-20,21-15-9-4-10-16-21)23(28)25-22(27)17-19-11-5-2-6-12-19/h2-16,22,27H,17H2,1H3,(H,25,28). The van der Waals surface area contributed by atoms with Gasteiger partial charge in [-0.15, -0.1) is 0 Å². The summed E-state index contributed by atoms with van der Waals surface area (Å²) in [6.07, 6.45) is -0.918. The first-order chi connectivity index (χ1) is 14.0. The predicted molar refractivity (Wildman–Crippen MR) is 110 cm³/mol. The fourth-order valence-corrected chi connectivity index (χ4v) is 3.30. The van der Waals surface area contributed by atoms with Gasteiger partial charge in [-0.25, -0.2) is 0 Å². The molecule has 0 saturated heterocycles. The molecule has 3 aromatic carbocycles. The molecule has 0 aromatic heterocycles. The van der Waals surface area contributed by atoms with Gasteiger partial charge in [0.1, 0.15) is 6.23 Å². The average Bonchev–Trinajstić information content (AvgIpc) is 2.73. The van der Waals surface area contributed by atoms with Crippen molar-refractivity contribution in [1.29, 1.82) is 0 Å². The fourth-order valence-electron chi connectivity index (χ4n) is 3.30. The van der Waals surface area contributed by atoms with Crippen molar-refractivity contribution >= 4 is 11.9 Å². The summed E-state index contributed by atoms with van der Waals surface area (Å²) < 4.78 is 5.66. The molecule has 5 heteroatoms. The summed E-state index contributed by atoms with van der Waals surface area (Å²) >= 11 is 0. The zero-order valence-electron chi connectivity index (χ0n) is 16.1. The highest BCUT2D eigenvalue weighted by molar-refractivity contribution is 5.92. The Kier molecular flexibility index (Phi) is 6.42. The fraction of sp³-hybridized carbons (Fsp3) is 0.167. The van der Waals surface area contributed by atoms with Gasteiger partial charge in [0.25, 0.3) is 5.91 Å². The van der Waals surface area contributed by atoms with Gasteiger partial charge in [0, 0.05) is 24.5 Å². The van der Waals surface area contributed by atoms with Crippen LogP contribution >= 0.6 is 0 Å². The van der Waals surface area contributed by atoms with Crippen molar-refractivity contribution in [3.8, 4) is 0 Å². The number of nitrogens with one attached hydrogen (secondary N) is 1. The van der Waals surface area contributed by atoms with Gasteiger partial charge in [0.2, 0.25) is 5.60 Å². The number of ether oxygens (including phenoxy) is 1. The van der Waals surface area contributed by atoms with E-state index in [4.69, 9.17) is 4.74 Å². The zero-order chi connectivity index (χ0) is 20.7. The van der Waals surface area contributed by atoms with E-state index in [1.807, 2.05) is 42.5 Å². The Bertz CT molecular complexity index is 903. The van der Waals surface area contributed by atoms with E-state index in [0.29, 0.717) is 11.1 Å². The van der Waals surface area contributed by atoms with E-state index >= 15 is 0 Å². The molecular weight excluding hydrogens is 366 g/mol. The summed E-state index contributed by atoms with van der Waals surface area (Å²) in [5.41, 5.74) is 0.140. The van der Waals surface area contributed by atoms with E-state index in [1.165, 1.54) is 6.92 Å². The smallest absolute Gasteiger partial charge is 0.304 e. The number of hydrogen-bond acceptors (Lipinski definition) is 4. The molecule has 0 aliphatic heterocycles. The van der Waals surface area contributed by atoms with Crippen molar-refractivity contribution < 1.29 is 19.4 Å². The Morgan fingerprint density at radius 1 is 0.862 bits per heavy atom. The second kappa shape index (κ2) is 9.17. The van der Waals surface area contributed by atoms with Crippen LogP contribution < -0.4 is 5.32 Å². The minimum absolute atomic E-state index is 0.228. The first kappa shape index (κ1) is 20.3. The lowest BCUT2D eigenvalue weighted by Gasteiger charge is -2.33. The quantitative estimate of drug-likeness (QED) is 0.481. The van der Waals surface area contributed by atoms with E-state index in [-0.39, 0.29) is 6.42 Å². The molecular formula is C24H23NO4. The molecule has 0 aliphatic carbocycles. The number of amides is 1. The molecule has 0 radical (unpaired) electrons. The maximum atomic E-state index is 13.5. The number of rotatable bonds is 7. The van der Waals surface area contributed by atoms with Crippen LogP contribution in [0.25, 0.3) is 0 Å². The van der Waals surface area contributed by atoms with Crippen LogP contribution in [0, 0.1) is 0 Å². The van der Waals surface area contributed by atoms with Crippen LogP contribution in [-0.2, 0) is 26.3 Å². The Balaban J connectivity index is 1.99. The minimum atomic E-state index is -1.72. The van der Waals surface area contributed by atoms with Crippen LogP contribution in [0.2, 0.25) is 0 Å².